The van der Waals surface area contributed by atoms with E-state index in [9.17, 15) is 0 Å². The van der Waals surface area contributed by atoms with Crippen LogP contribution in [0.25, 0.3) is 0 Å². The Hall–Kier alpha value is -0.0800. The Labute approximate surface area is 108 Å². The molecule has 17 heavy (non-hydrogen) atoms. The number of nitrogens with two attached hydrogens (primary N) is 1. The molecule has 1 unspecified atom stereocenters. The van der Waals surface area contributed by atoms with Gasteiger partial charge in [-0.05, 0) is 70.1 Å². The van der Waals surface area contributed by atoms with Crippen LogP contribution >= 0.6 is 0 Å². The molecule has 0 aromatic carbocycles. The first-order valence-corrected chi connectivity index (χ1v) is 7.68. The fourth-order valence-corrected chi connectivity index (χ4v) is 2.84. The lowest BCUT2D eigenvalue weighted by molar-refractivity contribution is 0.166. The van der Waals surface area contributed by atoms with Gasteiger partial charge in [0.15, 0.2) is 0 Å². The molecule has 0 aromatic rings. The molecule has 1 aliphatic heterocycles. The minimum absolute atomic E-state index is 0.858. The molecule has 2 nitrogen and oxygen atoms in total. The van der Waals surface area contributed by atoms with Gasteiger partial charge in [-0.1, -0.05) is 26.7 Å². The maximum Gasteiger partial charge on any atom is -0.00161 e. The molecule has 0 aromatic heterocycles. The summed E-state index contributed by atoms with van der Waals surface area (Å²) in [7, 11) is 0. The predicted molar refractivity (Wildman–Crippen MR) is 76.1 cm³/mol. The van der Waals surface area contributed by atoms with Crippen molar-refractivity contribution in [2.45, 2.75) is 58.8 Å². The normalized spacial score (nSPS) is 20.6. The van der Waals surface area contributed by atoms with Gasteiger partial charge in [0.05, 0.1) is 0 Å². The molecule has 2 N–H and O–H groups in total. The van der Waals surface area contributed by atoms with E-state index in [0.29, 0.717) is 0 Å². The highest BCUT2D eigenvalue weighted by Crippen LogP contribution is 2.25. The zero-order chi connectivity index (χ0) is 12.5. The Balaban J connectivity index is 2.05. The van der Waals surface area contributed by atoms with Crippen molar-refractivity contribution in [3.05, 3.63) is 0 Å². The number of hydrogen-bond donors (Lipinski definition) is 1. The number of nitrogens with zero attached hydrogens (tertiary/aromatic N) is 1. The molecule has 1 fully saturated rings. The Morgan fingerprint density at radius 1 is 1.18 bits per heavy atom. The van der Waals surface area contributed by atoms with Crippen LogP contribution in [0.4, 0.5) is 0 Å². The summed E-state index contributed by atoms with van der Waals surface area (Å²) in [5.74, 6) is 1.93. The van der Waals surface area contributed by atoms with Crippen molar-refractivity contribution in [3.8, 4) is 0 Å². The molecule has 0 radical (unpaired) electrons. The molecule has 0 bridgehead atoms. The number of likely N-dealkylation sites (tertiary alicyclic amines) is 1. The summed E-state index contributed by atoms with van der Waals surface area (Å²) >= 11 is 0. The first-order valence-electron chi connectivity index (χ1n) is 7.68. The van der Waals surface area contributed by atoms with Crippen molar-refractivity contribution in [1.82, 2.24) is 4.90 Å². The zero-order valence-electron chi connectivity index (χ0n) is 12.0. The van der Waals surface area contributed by atoms with Crippen LogP contribution in [0.15, 0.2) is 0 Å². The molecule has 1 heterocycles. The van der Waals surface area contributed by atoms with Gasteiger partial charge in [0.2, 0.25) is 0 Å². The van der Waals surface area contributed by atoms with Crippen LogP contribution < -0.4 is 5.73 Å². The topological polar surface area (TPSA) is 29.3 Å². The number of piperidine rings is 1. The standard InChI is InChI=1S/C15H32N2/c1-3-14(2)13-15-7-11-17(12-8-15)10-6-4-5-9-16/h14-15H,3-13,16H2,1-2H3. The first kappa shape index (κ1) is 15.0. The van der Waals surface area contributed by atoms with Crippen LogP contribution in [0.5, 0.6) is 0 Å². The average molecular weight is 240 g/mol. The minimum Gasteiger partial charge on any atom is -0.330 e. The van der Waals surface area contributed by atoms with Crippen LogP contribution in [0.2, 0.25) is 0 Å². The Kier molecular flexibility index (Phi) is 7.87. The lowest BCUT2D eigenvalue weighted by atomic mass is 9.87. The summed E-state index contributed by atoms with van der Waals surface area (Å²) in [6.07, 6.45) is 9.51. The van der Waals surface area contributed by atoms with Crippen molar-refractivity contribution >= 4 is 0 Å². The van der Waals surface area contributed by atoms with Crippen molar-refractivity contribution in [3.63, 3.8) is 0 Å². The van der Waals surface area contributed by atoms with E-state index < -0.39 is 0 Å². The van der Waals surface area contributed by atoms with Gasteiger partial charge in [0.1, 0.15) is 0 Å². The molecule has 0 amide bonds. The molecule has 0 spiro atoms. The number of rotatable bonds is 8. The Morgan fingerprint density at radius 3 is 2.47 bits per heavy atom. The van der Waals surface area contributed by atoms with Crippen LogP contribution in [-0.4, -0.2) is 31.1 Å². The van der Waals surface area contributed by atoms with Crippen molar-refractivity contribution in [2.75, 3.05) is 26.2 Å². The SMILES string of the molecule is CCC(C)CC1CCN(CCCCCN)CC1. The largest absolute Gasteiger partial charge is 0.330 e. The molecule has 2 heteroatoms. The van der Waals surface area contributed by atoms with Crippen molar-refractivity contribution in [1.29, 1.82) is 0 Å². The third-order valence-electron chi connectivity index (χ3n) is 4.32. The van der Waals surface area contributed by atoms with E-state index in [4.69, 9.17) is 5.73 Å². The smallest absolute Gasteiger partial charge is 0.00161 e. The van der Waals surface area contributed by atoms with Crippen LogP contribution in [-0.2, 0) is 0 Å². The lowest BCUT2D eigenvalue weighted by Gasteiger charge is -2.33. The van der Waals surface area contributed by atoms with E-state index in [2.05, 4.69) is 18.7 Å². The van der Waals surface area contributed by atoms with Gasteiger partial charge in [0.25, 0.3) is 0 Å². The van der Waals surface area contributed by atoms with Crippen LogP contribution in [0.1, 0.15) is 58.8 Å². The van der Waals surface area contributed by atoms with Crippen LogP contribution in [0, 0.1) is 11.8 Å². The van der Waals surface area contributed by atoms with Gasteiger partial charge < -0.3 is 10.6 Å². The van der Waals surface area contributed by atoms with E-state index in [0.717, 1.165) is 18.4 Å². The quantitative estimate of drug-likeness (QED) is 0.660. The van der Waals surface area contributed by atoms with E-state index in [1.807, 2.05) is 0 Å². The monoisotopic (exact) mass is 240 g/mol. The van der Waals surface area contributed by atoms with E-state index in [1.54, 1.807) is 0 Å². The summed E-state index contributed by atoms with van der Waals surface area (Å²) in [4.78, 5) is 2.66. The second-order valence-corrected chi connectivity index (χ2v) is 5.88. The van der Waals surface area contributed by atoms with Crippen molar-refractivity contribution < 1.29 is 0 Å². The summed E-state index contributed by atoms with van der Waals surface area (Å²) in [6, 6.07) is 0. The number of hydrogen-bond acceptors (Lipinski definition) is 2. The van der Waals surface area contributed by atoms with Crippen molar-refractivity contribution in [2.24, 2.45) is 17.6 Å². The van der Waals surface area contributed by atoms with Gasteiger partial charge in [-0.15, -0.1) is 0 Å². The molecular weight excluding hydrogens is 208 g/mol. The molecular formula is C15H32N2. The van der Waals surface area contributed by atoms with Gasteiger partial charge in [0, 0.05) is 0 Å². The number of unbranched alkanes of at least 4 members (excludes halogenated alkanes) is 2. The maximum absolute atomic E-state index is 5.51. The van der Waals surface area contributed by atoms with E-state index in [-0.39, 0.29) is 0 Å². The predicted octanol–water partition coefficient (Wildman–Crippen LogP) is 3.26. The van der Waals surface area contributed by atoms with Gasteiger partial charge in [-0.3, -0.25) is 0 Å². The average Bonchev–Trinajstić information content (AvgIpc) is 2.36. The van der Waals surface area contributed by atoms with Gasteiger partial charge in [-0.25, -0.2) is 0 Å². The second kappa shape index (κ2) is 8.93. The summed E-state index contributed by atoms with van der Waals surface area (Å²) in [5.41, 5.74) is 5.51. The lowest BCUT2D eigenvalue weighted by Crippen LogP contribution is -2.34. The molecule has 1 atom stereocenters. The summed E-state index contributed by atoms with van der Waals surface area (Å²) in [6.45, 7) is 9.55. The highest BCUT2D eigenvalue weighted by molar-refractivity contribution is 4.73. The first-order chi connectivity index (χ1) is 8.26. The summed E-state index contributed by atoms with van der Waals surface area (Å²) < 4.78 is 0. The summed E-state index contributed by atoms with van der Waals surface area (Å²) in [5, 5.41) is 0. The maximum atomic E-state index is 5.51. The second-order valence-electron chi connectivity index (χ2n) is 5.88. The fourth-order valence-electron chi connectivity index (χ4n) is 2.84. The molecule has 102 valence electrons. The highest BCUT2D eigenvalue weighted by Gasteiger charge is 2.19. The zero-order valence-corrected chi connectivity index (χ0v) is 12.0. The molecule has 0 aliphatic carbocycles. The van der Waals surface area contributed by atoms with Gasteiger partial charge >= 0.3 is 0 Å². The third kappa shape index (κ3) is 6.42. The highest BCUT2D eigenvalue weighted by atomic mass is 15.1. The van der Waals surface area contributed by atoms with Crippen LogP contribution in [0.3, 0.4) is 0 Å². The minimum atomic E-state index is 0.858. The molecule has 1 aliphatic rings. The Bertz CT molecular complexity index is 174. The van der Waals surface area contributed by atoms with E-state index in [1.165, 1.54) is 64.6 Å². The molecule has 1 saturated heterocycles. The third-order valence-corrected chi connectivity index (χ3v) is 4.32. The Morgan fingerprint density at radius 2 is 1.88 bits per heavy atom. The van der Waals surface area contributed by atoms with E-state index >= 15 is 0 Å². The molecule has 0 saturated carbocycles. The molecule has 1 rings (SSSR count). The van der Waals surface area contributed by atoms with Gasteiger partial charge in [-0.2, -0.15) is 0 Å². The fraction of sp³-hybridized carbons (Fsp3) is 1.00.